The van der Waals surface area contributed by atoms with Gasteiger partial charge in [-0.3, -0.25) is 14.7 Å². The fourth-order valence-corrected chi connectivity index (χ4v) is 8.38. The highest BCUT2D eigenvalue weighted by molar-refractivity contribution is 6.03. The molecule has 0 spiro atoms. The number of halogens is 3. The van der Waals surface area contributed by atoms with Gasteiger partial charge in [0.1, 0.15) is 34.8 Å². The second kappa shape index (κ2) is 14.4. The fourth-order valence-electron chi connectivity index (χ4n) is 8.38. The lowest BCUT2D eigenvalue weighted by molar-refractivity contribution is -0.163. The number of benzene rings is 2. The van der Waals surface area contributed by atoms with Gasteiger partial charge in [-0.05, 0) is 62.1 Å². The van der Waals surface area contributed by atoms with E-state index in [4.69, 9.17) is 25.6 Å². The number of phenolic OH excluding ortho intramolecular Hbond substituents is 1. The van der Waals surface area contributed by atoms with Crippen LogP contribution in [0.2, 0.25) is 0 Å². The third-order valence-corrected chi connectivity index (χ3v) is 11.2. The molecule has 5 heterocycles. The topological polar surface area (TPSA) is 130 Å². The minimum absolute atomic E-state index is 0.0483. The summed E-state index contributed by atoms with van der Waals surface area (Å²) in [5.41, 5.74) is -0.462. The van der Waals surface area contributed by atoms with E-state index in [-0.39, 0.29) is 69.0 Å². The monoisotopic (exact) mass is 758 g/mol. The zero-order valence-corrected chi connectivity index (χ0v) is 30.6. The third-order valence-electron chi connectivity index (χ3n) is 11.2. The number of pyridine rings is 1. The number of hydrogen-bond acceptors (Lipinski definition) is 11. The molecule has 3 saturated heterocycles. The van der Waals surface area contributed by atoms with Crippen LogP contribution in [0, 0.1) is 29.4 Å². The summed E-state index contributed by atoms with van der Waals surface area (Å²) in [5, 5.41) is 11.5. The van der Waals surface area contributed by atoms with Gasteiger partial charge in [-0.2, -0.15) is 9.97 Å². The van der Waals surface area contributed by atoms with Crippen LogP contribution in [0.3, 0.4) is 0 Å². The van der Waals surface area contributed by atoms with E-state index in [0.29, 0.717) is 63.1 Å². The first kappa shape index (κ1) is 36.6. The molecule has 288 valence electrons. The summed E-state index contributed by atoms with van der Waals surface area (Å²) in [5.74, 6) is 0.444. The molecule has 1 N–H and O–H groups in total. The zero-order valence-electron chi connectivity index (χ0n) is 30.6. The van der Waals surface area contributed by atoms with Gasteiger partial charge in [0.2, 0.25) is 6.29 Å². The highest BCUT2D eigenvalue weighted by Crippen LogP contribution is 2.47. The molecule has 15 heteroatoms. The summed E-state index contributed by atoms with van der Waals surface area (Å²) in [6, 6.07) is 4.75. The number of amides is 1. The second-order valence-corrected chi connectivity index (χ2v) is 15.2. The summed E-state index contributed by atoms with van der Waals surface area (Å²) in [7, 11) is 0. The SMILES string of the molecule is C#Cc1c(F)ccc2cc(O)cc(-c3ncc4c(N5CC6CCC(C5)N6C(=O)OC(C)OC(C)=O)nc(OCC5(CN6CCC(F)CC6)CC5)nc4c3F)c12. The van der Waals surface area contributed by atoms with Crippen molar-refractivity contribution in [1.82, 2.24) is 24.8 Å². The van der Waals surface area contributed by atoms with E-state index < -0.39 is 36.2 Å². The Labute approximate surface area is 315 Å². The van der Waals surface area contributed by atoms with Crippen LogP contribution in [-0.2, 0) is 14.3 Å². The largest absolute Gasteiger partial charge is 0.508 e. The van der Waals surface area contributed by atoms with Gasteiger partial charge in [0.25, 0.3) is 0 Å². The average molecular weight is 759 g/mol. The van der Waals surface area contributed by atoms with Crippen molar-refractivity contribution >= 4 is 39.6 Å². The van der Waals surface area contributed by atoms with Crippen molar-refractivity contribution < 1.29 is 42.1 Å². The molecular weight excluding hydrogens is 717 g/mol. The number of phenols is 1. The van der Waals surface area contributed by atoms with Gasteiger partial charge in [-0.15, -0.1) is 6.42 Å². The molecule has 1 aliphatic carbocycles. The van der Waals surface area contributed by atoms with Gasteiger partial charge >= 0.3 is 18.1 Å². The molecule has 12 nitrogen and oxygen atoms in total. The zero-order chi connectivity index (χ0) is 38.6. The summed E-state index contributed by atoms with van der Waals surface area (Å²) < 4.78 is 62.6. The Kier molecular flexibility index (Phi) is 9.57. The first-order valence-electron chi connectivity index (χ1n) is 18.6. The number of aromatic nitrogens is 3. The molecule has 2 aromatic carbocycles. The number of carbonyl (C=O) groups is 2. The summed E-state index contributed by atoms with van der Waals surface area (Å²) in [4.78, 5) is 44.4. The molecule has 4 aromatic rings. The van der Waals surface area contributed by atoms with Crippen LogP contribution >= 0.6 is 0 Å². The average Bonchev–Trinajstić information content (AvgIpc) is 3.86. The smallest absolute Gasteiger partial charge is 0.413 e. The number of hydrogen-bond donors (Lipinski definition) is 1. The molecule has 2 bridgehead atoms. The number of anilines is 1. The molecule has 3 unspecified atom stereocenters. The number of terminal acetylenes is 1. The van der Waals surface area contributed by atoms with Gasteiger partial charge in [-0.1, -0.05) is 12.0 Å². The maximum atomic E-state index is 17.1. The van der Waals surface area contributed by atoms with Crippen molar-refractivity contribution in [2.45, 2.75) is 76.9 Å². The molecule has 2 aromatic heterocycles. The number of likely N-dealkylation sites (tertiary alicyclic amines) is 1. The van der Waals surface area contributed by atoms with Crippen LogP contribution in [0.15, 0.2) is 30.5 Å². The van der Waals surface area contributed by atoms with Crippen molar-refractivity contribution in [2.24, 2.45) is 5.41 Å². The number of aromatic hydroxyl groups is 1. The van der Waals surface area contributed by atoms with Crippen molar-refractivity contribution in [3.63, 3.8) is 0 Å². The van der Waals surface area contributed by atoms with Crippen LogP contribution < -0.4 is 9.64 Å². The first-order valence-corrected chi connectivity index (χ1v) is 18.6. The molecule has 55 heavy (non-hydrogen) atoms. The van der Waals surface area contributed by atoms with Gasteiger partial charge in [-0.25, -0.2) is 18.0 Å². The lowest BCUT2D eigenvalue weighted by Crippen LogP contribution is -2.56. The van der Waals surface area contributed by atoms with Gasteiger partial charge in [0, 0.05) is 69.1 Å². The minimum atomic E-state index is -1.06. The lowest BCUT2D eigenvalue weighted by atomic mass is 9.96. The van der Waals surface area contributed by atoms with E-state index in [1.54, 1.807) is 4.90 Å². The molecule has 1 amide bonds. The van der Waals surface area contributed by atoms with Gasteiger partial charge in [0.15, 0.2) is 5.82 Å². The number of fused-ring (bicyclic) bond motifs is 4. The van der Waals surface area contributed by atoms with Crippen molar-refractivity contribution in [3.05, 3.63) is 47.7 Å². The van der Waals surface area contributed by atoms with Gasteiger partial charge in [0.05, 0.1) is 29.6 Å². The normalized spacial score (nSPS) is 21.4. The number of carbonyl (C=O) groups excluding carboxylic acids is 2. The van der Waals surface area contributed by atoms with Crippen molar-refractivity contribution in [3.8, 4) is 35.4 Å². The Morgan fingerprint density at radius 3 is 2.47 bits per heavy atom. The molecule has 4 fully saturated rings. The minimum Gasteiger partial charge on any atom is -0.508 e. The van der Waals surface area contributed by atoms with Gasteiger partial charge < -0.3 is 29.1 Å². The molecule has 3 aliphatic heterocycles. The summed E-state index contributed by atoms with van der Waals surface area (Å²) >= 11 is 0. The Hall–Kier alpha value is -5.36. The third kappa shape index (κ3) is 7.15. The maximum absolute atomic E-state index is 17.1. The van der Waals surface area contributed by atoms with Crippen molar-refractivity contribution in [1.29, 1.82) is 0 Å². The van der Waals surface area contributed by atoms with Crippen LogP contribution in [0.5, 0.6) is 11.8 Å². The fraction of sp³-hybridized carbons (Fsp3) is 0.475. The second-order valence-electron chi connectivity index (χ2n) is 15.2. The van der Waals surface area contributed by atoms with Crippen LogP contribution in [0.1, 0.15) is 57.9 Å². The van der Waals surface area contributed by atoms with Crippen LogP contribution in [0.25, 0.3) is 32.9 Å². The number of piperidine rings is 1. The number of rotatable bonds is 9. The highest BCUT2D eigenvalue weighted by Gasteiger charge is 2.47. The molecule has 4 aliphatic rings. The Bertz CT molecular complexity index is 2210. The van der Waals surface area contributed by atoms with E-state index in [9.17, 15) is 23.5 Å². The number of piperazine rings is 1. The quantitative estimate of drug-likeness (QED) is 0.121. The number of esters is 1. The number of nitrogens with zero attached hydrogens (tertiary/aromatic N) is 6. The van der Waals surface area contributed by atoms with E-state index in [1.807, 2.05) is 4.90 Å². The highest BCUT2D eigenvalue weighted by atomic mass is 19.1. The number of alkyl halides is 1. The van der Waals surface area contributed by atoms with E-state index in [0.717, 1.165) is 19.4 Å². The Morgan fingerprint density at radius 2 is 1.80 bits per heavy atom. The molecule has 8 rings (SSSR count). The maximum Gasteiger partial charge on any atom is 0.413 e. The van der Waals surface area contributed by atoms with E-state index in [1.165, 1.54) is 44.3 Å². The van der Waals surface area contributed by atoms with Crippen molar-refractivity contribution in [2.75, 3.05) is 44.2 Å². The molecule has 0 radical (unpaired) electrons. The Morgan fingerprint density at radius 1 is 1.07 bits per heavy atom. The molecular formula is C40H41F3N6O6. The first-order chi connectivity index (χ1) is 26.4. The molecule has 1 saturated carbocycles. The van der Waals surface area contributed by atoms with E-state index in [2.05, 4.69) is 20.8 Å². The summed E-state index contributed by atoms with van der Waals surface area (Å²) in [6.45, 7) is 5.76. The van der Waals surface area contributed by atoms with E-state index >= 15 is 4.39 Å². The predicted molar refractivity (Wildman–Crippen MR) is 196 cm³/mol. The predicted octanol–water partition coefficient (Wildman–Crippen LogP) is 6.10. The lowest BCUT2D eigenvalue weighted by Gasteiger charge is -2.41. The van der Waals surface area contributed by atoms with Crippen LogP contribution in [0.4, 0.5) is 23.8 Å². The number of ether oxygens (including phenoxy) is 3. The molecule has 3 atom stereocenters. The Balaban J connectivity index is 1.16. The van der Waals surface area contributed by atoms with Crippen LogP contribution in [-0.4, -0.2) is 106 Å². The summed E-state index contributed by atoms with van der Waals surface area (Å²) in [6.07, 6.45) is 8.94. The standard InChI is InChI=1S/C40H41F3N6O6/c1-4-29-32(42)8-5-24-15-28(51)16-30(33(24)29)35-34(43)36-31(17-44-35)37(46-38(45-36)53-21-40(11-12-40)20-47-13-9-25(41)10-14-47)48-18-26-6-7-27(19-48)49(26)39(52)55-23(3)54-22(2)50/h1,5,8,15-17,23,25-27,51H,6-7,9-14,18-21H2,2-3H3.